The minimum atomic E-state index is -4.49. The molecule has 1 aromatic carbocycles. The van der Waals surface area contributed by atoms with E-state index in [0.29, 0.717) is 6.20 Å². The lowest BCUT2D eigenvalue weighted by Gasteiger charge is -2.22. The van der Waals surface area contributed by atoms with Crippen molar-refractivity contribution in [1.82, 2.24) is 9.88 Å². The van der Waals surface area contributed by atoms with Crippen molar-refractivity contribution in [3.63, 3.8) is 0 Å². The fourth-order valence-corrected chi connectivity index (χ4v) is 2.40. The summed E-state index contributed by atoms with van der Waals surface area (Å²) in [4.78, 5) is 29.3. The van der Waals surface area contributed by atoms with Crippen LogP contribution in [0.2, 0.25) is 0 Å². The fourth-order valence-electron chi connectivity index (χ4n) is 2.40. The Morgan fingerprint density at radius 1 is 1.11 bits per heavy atom. The molecule has 0 aliphatic carbocycles. The number of aromatic nitrogens is 1. The summed E-state index contributed by atoms with van der Waals surface area (Å²) in [6, 6.07) is 9.38. The SMILES string of the molecule is CCOC(=O)C(=O)N(Cc1ccc(C(F)(F)F)cn1)Cc1ccccc1C. The lowest BCUT2D eigenvalue weighted by atomic mass is 10.1. The number of halogens is 3. The van der Waals surface area contributed by atoms with Gasteiger partial charge in [-0.25, -0.2) is 4.79 Å². The summed E-state index contributed by atoms with van der Waals surface area (Å²) in [6.07, 6.45) is -3.79. The van der Waals surface area contributed by atoms with Crippen molar-refractivity contribution < 1.29 is 27.5 Å². The van der Waals surface area contributed by atoms with Crippen LogP contribution in [0.3, 0.4) is 0 Å². The highest BCUT2D eigenvalue weighted by atomic mass is 19.4. The van der Waals surface area contributed by atoms with E-state index in [9.17, 15) is 22.8 Å². The Hall–Kier alpha value is -2.90. The van der Waals surface area contributed by atoms with Gasteiger partial charge >= 0.3 is 18.1 Å². The molecule has 0 saturated carbocycles. The zero-order valence-electron chi connectivity index (χ0n) is 14.9. The maximum atomic E-state index is 12.7. The number of aryl methyl sites for hydroxylation is 1. The Bertz CT molecular complexity index is 805. The number of carbonyl (C=O) groups excluding carboxylic acids is 2. The summed E-state index contributed by atoms with van der Waals surface area (Å²) in [5.74, 6) is -1.89. The van der Waals surface area contributed by atoms with Crippen molar-refractivity contribution >= 4 is 11.9 Å². The Balaban J connectivity index is 2.25. The van der Waals surface area contributed by atoms with Gasteiger partial charge in [0, 0.05) is 12.7 Å². The first-order chi connectivity index (χ1) is 12.7. The van der Waals surface area contributed by atoms with E-state index in [1.165, 1.54) is 11.0 Å². The molecule has 144 valence electrons. The van der Waals surface area contributed by atoms with Gasteiger partial charge in [-0.2, -0.15) is 13.2 Å². The van der Waals surface area contributed by atoms with Crippen LogP contribution in [0.15, 0.2) is 42.6 Å². The molecule has 5 nitrogen and oxygen atoms in total. The van der Waals surface area contributed by atoms with Crippen molar-refractivity contribution in [2.24, 2.45) is 0 Å². The topological polar surface area (TPSA) is 59.5 Å². The molecule has 27 heavy (non-hydrogen) atoms. The molecule has 8 heteroatoms. The monoisotopic (exact) mass is 380 g/mol. The third-order valence-electron chi connectivity index (χ3n) is 3.86. The molecule has 0 N–H and O–H groups in total. The van der Waals surface area contributed by atoms with Crippen LogP contribution >= 0.6 is 0 Å². The van der Waals surface area contributed by atoms with Crippen LogP contribution in [-0.4, -0.2) is 28.4 Å². The van der Waals surface area contributed by atoms with E-state index in [-0.39, 0.29) is 25.4 Å². The highest BCUT2D eigenvalue weighted by molar-refractivity contribution is 6.32. The summed E-state index contributed by atoms with van der Waals surface area (Å²) >= 11 is 0. The number of rotatable bonds is 5. The second-order valence-corrected chi connectivity index (χ2v) is 5.84. The molecule has 0 bridgehead atoms. The molecule has 0 saturated heterocycles. The number of amides is 1. The molecule has 0 atom stereocenters. The molecule has 0 aliphatic heterocycles. The Kier molecular flexibility index (Phi) is 6.55. The predicted molar refractivity (Wildman–Crippen MR) is 91.3 cm³/mol. The van der Waals surface area contributed by atoms with E-state index in [0.717, 1.165) is 17.2 Å². The summed E-state index contributed by atoms with van der Waals surface area (Å²) < 4.78 is 42.8. The molecular weight excluding hydrogens is 361 g/mol. The van der Waals surface area contributed by atoms with Crippen LogP contribution in [-0.2, 0) is 33.6 Å². The average molecular weight is 380 g/mol. The number of alkyl halides is 3. The largest absolute Gasteiger partial charge is 0.459 e. The number of hydrogen-bond acceptors (Lipinski definition) is 4. The zero-order chi connectivity index (χ0) is 20.0. The van der Waals surface area contributed by atoms with E-state index >= 15 is 0 Å². The molecule has 0 unspecified atom stereocenters. The molecule has 0 radical (unpaired) electrons. The third kappa shape index (κ3) is 5.54. The van der Waals surface area contributed by atoms with Gasteiger partial charge in [-0.3, -0.25) is 9.78 Å². The molecule has 2 rings (SSSR count). The van der Waals surface area contributed by atoms with Crippen LogP contribution in [0.1, 0.15) is 29.3 Å². The predicted octanol–water partition coefficient (Wildman–Crippen LogP) is 3.50. The maximum Gasteiger partial charge on any atom is 0.417 e. The summed E-state index contributed by atoms with van der Waals surface area (Å²) in [5, 5.41) is 0. The first-order valence-corrected chi connectivity index (χ1v) is 8.25. The van der Waals surface area contributed by atoms with Crippen molar-refractivity contribution in [2.45, 2.75) is 33.1 Å². The number of esters is 1. The smallest absolute Gasteiger partial charge is 0.417 e. The molecule has 1 amide bonds. The second kappa shape index (κ2) is 8.66. The van der Waals surface area contributed by atoms with Crippen LogP contribution in [0.25, 0.3) is 0 Å². The second-order valence-electron chi connectivity index (χ2n) is 5.84. The summed E-state index contributed by atoms with van der Waals surface area (Å²) in [6.45, 7) is 3.46. The Morgan fingerprint density at radius 2 is 1.81 bits per heavy atom. The minimum Gasteiger partial charge on any atom is -0.459 e. The van der Waals surface area contributed by atoms with E-state index in [1.54, 1.807) is 19.1 Å². The third-order valence-corrected chi connectivity index (χ3v) is 3.86. The molecular formula is C19H19F3N2O3. The van der Waals surface area contributed by atoms with Gasteiger partial charge in [0.05, 0.1) is 24.4 Å². The van der Waals surface area contributed by atoms with Crippen LogP contribution in [0.4, 0.5) is 13.2 Å². The van der Waals surface area contributed by atoms with Crippen LogP contribution < -0.4 is 0 Å². The van der Waals surface area contributed by atoms with Crippen molar-refractivity contribution in [1.29, 1.82) is 0 Å². The standard InChI is InChI=1S/C19H19F3N2O3/c1-3-27-18(26)17(25)24(11-14-7-5-4-6-13(14)2)12-16-9-8-15(10-23-16)19(20,21)22/h4-10H,3,11-12H2,1-2H3. The molecule has 0 fully saturated rings. The molecule has 0 spiro atoms. The summed E-state index contributed by atoms with van der Waals surface area (Å²) in [5.41, 5.74) is 1.07. The van der Waals surface area contributed by atoms with Crippen LogP contribution in [0, 0.1) is 6.92 Å². The molecule has 0 aliphatic rings. The number of pyridine rings is 1. The number of nitrogens with zero attached hydrogens (tertiary/aromatic N) is 2. The van der Waals surface area contributed by atoms with Gasteiger partial charge in [-0.05, 0) is 37.1 Å². The van der Waals surface area contributed by atoms with Crippen molar-refractivity contribution in [2.75, 3.05) is 6.61 Å². The first-order valence-electron chi connectivity index (χ1n) is 8.25. The minimum absolute atomic E-state index is 0.0430. The number of carbonyl (C=O) groups is 2. The Labute approximate surface area is 154 Å². The highest BCUT2D eigenvalue weighted by Crippen LogP contribution is 2.28. The van der Waals surface area contributed by atoms with Crippen LogP contribution in [0.5, 0.6) is 0 Å². The van der Waals surface area contributed by atoms with E-state index < -0.39 is 23.6 Å². The van der Waals surface area contributed by atoms with Gasteiger partial charge in [0.15, 0.2) is 0 Å². The van der Waals surface area contributed by atoms with Crippen molar-refractivity contribution in [3.05, 3.63) is 65.0 Å². The molecule has 1 heterocycles. The number of ether oxygens (including phenoxy) is 1. The van der Waals surface area contributed by atoms with Gasteiger partial charge in [-0.15, -0.1) is 0 Å². The lowest BCUT2D eigenvalue weighted by Crippen LogP contribution is -2.37. The normalized spacial score (nSPS) is 11.1. The highest BCUT2D eigenvalue weighted by Gasteiger charge is 2.31. The summed E-state index contributed by atoms with van der Waals surface area (Å²) in [7, 11) is 0. The van der Waals surface area contributed by atoms with E-state index in [1.807, 2.05) is 19.1 Å². The van der Waals surface area contributed by atoms with Gasteiger partial charge < -0.3 is 9.64 Å². The van der Waals surface area contributed by atoms with E-state index in [2.05, 4.69) is 4.98 Å². The average Bonchev–Trinajstić information content (AvgIpc) is 2.62. The lowest BCUT2D eigenvalue weighted by molar-refractivity contribution is -0.160. The van der Waals surface area contributed by atoms with E-state index in [4.69, 9.17) is 4.74 Å². The Morgan fingerprint density at radius 3 is 2.37 bits per heavy atom. The number of benzene rings is 1. The van der Waals surface area contributed by atoms with Gasteiger partial charge in [-0.1, -0.05) is 24.3 Å². The molecule has 2 aromatic rings. The van der Waals surface area contributed by atoms with Gasteiger partial charge in [0.1, 0.15) is 0 Å². The quantitative estimate of drug-likeness (QED) is 0.588. The fraction of sp³-hybridized carbons (Fsp3) is 0.316. The zero-order valence-corrected chi connectivity index (χ0v) is 14.9. The first kappa shape index (κ1) is 20.4. The number of hydrogen-bond donors (Lipinski definition) is 0. The molecule has 1 aromatic heterocycles. The van der Waals surface area contributed by atoms with Gasteiger partial charge in [0.2, 0.25) is 0 Å². The van der Waals surface area contributed by atoms with Gasteiger partial charge in [0.25, 0.3) is 0 Å². The van der Waals surface area contributed by atoms with Crippen molar-refractivity contribution in [3.8, 4) is 0 Å². The maximum absolute atomic E-state index is 12.7.